The molecule has 0 amide bonds. The van der Waals surface area contributed by atoms with Gasteiger partial charge in [-0.1, -0.05) is 70.4 Å². The van der Waals surface area contributed by atoms with Crippen LogP contribution >= 0.6 is 0 Å². The topological polar surface area (TPSA) is 41.6 Å². The molecular weight excluding hydrogens is 294 g/mol. The van der Waals surface area contributed by atoms with Gasteiger partial charge < -0.3 is 5.73 Å². The average Bonchev–Trinajstić information content (AvgIpc) is 3.03. The molecule has 140 valence electrons. The van der Waals surface area contributed by atoms with E-state index in [-0.39, 0.29) is 0 Å². The van der Waals surface area contributed by atoms with Crippen LogP contribution in [0.15, 0.2) is 17.1 Å². The monoisotopic (exact) mass is 335 g/mol. The van der Waals surface area contributed by atoms with Gasteiger partial charge in [-0.15, -0.1) is 0 Å². The number of hydrogen-bond acceptors (Lipinski definition) is 3. The molecule has 0 aliphatic carbocycles. The molecule has 0 aromatic carbocycles. The van der Waals surface area contributed by atoms with Crippen LogP contribution in [0.2, 0.25) is 0 Å². The zero-order valence-corrected chi connectivity index (χ0v) is 16.1. The molecule has 0 radical (unpaired) electrons. The van der Waals surface area contributed by atoms with E-state index in [4.69, 9.17) is 5.73 Å². The largest absolute Gasteiger partial charge is 0.329 e. The third kappa shape index (κ3) is 11.0. The molecule has 1 unspecified atom stereocenters. The lowest BCUT2D eigenvalue weighted by Crippen LogP contribution is -2.34. The molecule has 0 aromatic rings. The van der Waals surface area contributed by atoms with Crippen LogP contribution in [0, 0.1) is 0 Å². The highest BCUT2D eigenvalue weighted by atomic mass is 15.3. The van der Waals surface area contributed by atoms with Crippen molar-refractivity contribution in [1.82, 2.24) is 4.90 Å². The van der Waals surface area contributed by atoms with Gasteiger partial charge in [0.15, 0.2) is 0 Å². The minimum absolute atomic E-state index is 0.416. The van der Waals surface area contributed by atoms with E-state index in [0.717, 1.165) is 19.6 Å². The first-order valence-electron chi connectivity index (χ1n) is 10.5. The van der Waals surface area contributed by atoms with Crippen LogP contribution in [0.1, 0.15) is 90.4 Å². The van der Waals surface area contributed by atoms with E-state index >= 15 is 0 Å². The number of unbranched alkanes of at least 4 members (excludes halogenated alkanes) is 10. The van der Waals surface area contributed by atoms with E-state index in [2.05, 4.69) is 35.2 Å². The van der Waals surface area contributed by atoms with Gasteiger partial charge in [0.25, 0.3) is 0 Å². The first kappa shape index (κ1) is 21.4. The molecule has 1 aliphatic heterocycles. The van der Waals surface area contributed by atoms with Gasteiger partial charge >= 0.3 is 0 Å². The smallest absolute Gasteiger partial charge is 0.102 e. The van der Waals surface area contributed by atoms with Crippen molar-refractivity contribution < 1.29 is 0 Å². The summed E-state index contributed by atoms with van der Waals surface area (Å²) in [6.07, 6.45) is 24.7. The molecule has 1 heterocycles. The summed E-state index contributed by atoms with van der Waals surface area (Å²) in [5.74, 6) is 0. The lowest BCUT2D eigenvalue weighted by atomic mass is 10.1. The van der Waals surface area contributed by atoms with E-state index in [0.29, 0.717) is 6.17 Å². The van der Waals surface area contributed by atoms with Crippen molar-refractivity contribution >= 4 is 6.21 Å². The summed E-state index contributed by atoms with van der Waals surface area (Å²) < 4.78 is 0. The summed E-state index contributed by atoms with van der Waals surface area (Å²) in [6.45, 7) is 4.98. The van der Waals surface area contributed by atoms with Crippen LogP contribution in [0.3, 0.4) is 0 Å². The summed E-state index contributed by atoms with van der Waals surface area (Å²) in [5, 5.41) is 0. The highest BCUT2D eigenvalue weighted by Gasteiger charge is 2.19. The van der Waals surface area contributed by atoms with Gasteiger partial charge in [-0.05, 0) is 32.1 Å². The van der Waals surface area contributed by atoms with E-state index in [1.807, 2.05) is 0 Å². The Morgan fingerprint density at radius 2 is 1.58 bits per heavy atom. The molecule has 1 rings (SSSR count). The normalized spacial score (nSPS) is 18.2. The molecule has 0 fully saturated rings. The maximum Gasteiger partial charge on any atom is 0.102 e. The molecule has 0 spiro atoms. The van der Waals surface area contributed by atoms with Gasteiger partial charge in [0.2, 0.25) is 0 Å². The van der Waals surface area contributed by atoms with Gasteiger partial charge in [0.05, 0.1) is 0 Å². The summed E-state index contributed by atoms with van der Waals surface area (Å²) in [4.78, 5) is 6.97. The number of nitrogens with two attached hydrogens (primary N) is 1. The Morgan fingerprint density at radius 1 is 0.958 bits per heavy atom. The Bertz CT molecular complexity index is 325. The van der Waals surface area contributed by atoms with Gasteiger partial charge in [-0.2, -0.15) is 0 Å². The van der Waals surface area contributed by atoms with E-state index in [1.165, 1.54) is 83.5 Å². The predicted molar refractivity (Wildman–Crippen MR) is 108 cm³/mol. The molecular formula is C21H41N3. The first-order chi connectivity index (χ1) is 11.9. The van der Waals surface area contributed by atoms with E-state index in [9.17, 15) is 0 Å². The fraction of sp³-hybridized carbons (Fsp3) is 0.857. The van der Waals surface area contributed by atoms with Crippen LogP contribution in [-0.2, 0) is 0 Å². The average molecular weight is 336 g/mol. The molecule has 3 heteroatoms. The van der Waals surface area contributed by atoms with Crippen LogP contribution in [0.4, 0.5) is 0 Å². The Hall–Kier alpha value is -0.670. The molecule has 0 aromatic heterocycles. The Kier molecular flexibility index (Phi) is 14.1. The van der Waals surface area contributed by atoms with Gasteiger partial charge in [-0.25, -0.2) is 0 Å². The van der Waals surface area contributed by atoms with Crippen molar-refractivity contribution in [1.29, 1.82) is 0 Å². The summed E-state index contributed by atoms with van der Waals surface area (Å²) in [5.41, 5.74) is 5.65. The SMILES string of the molecule is CCCC/C=C/CCCCCCCCCCC1N=CCN1CCN. The van der Waals surface area contributed by atoms with Crippen LogP contribution in [-0.4, -0.2) is 36.9 Å². The number of aliphatic imine (C=N–C) groups is 1. The van der Waals surface area contributed by atoms with Crippen LogP contribution in [0.5, 0.6) is 0 Å². The molecule has 24 heavy (non-hydrogen) atoms. The zero-order chi connectivity index (χ0) is 17.3. The van der Waals surface area contributed by atoms with Crippen molar-refractivity contribution in [3.05, 3.63) is 12.2 Å². The van der Waals surface area contributed by atoms with Gasteiger partial charge in [0.1, 0.15) is 6.17 Å². The third-order valence-electron chi connectivity index (χ3n) is 4.91. The number of nitrogens with zero attached hydrogens (tertiary/aromatic N) is 2. The maximum atomic E-state index is 5.65. The Balaban J connectivity index is 1.81. The Labute approximate surface area is 150 Å². The second kappa shape index (κ2) is 15.8. The summed E-state index contributed by atoms with van der Waals surface area (Å²) >= 11 is 0. The minimum atomic E-state index is 0.416. The molecule has 3 nitrogen and oxygen atoms in total. The molecule has 0 saturated carbocycles. The number of allylic oxidation sites excluding steroid dienone is 2. The molecule has 2 N–H and O–H groups in total. The minimum Gasteiger partial charge on any atom is -0.329 e. The standard InChI is InChI=1S/C21H41N3/c1-2-3-4-5-6-7-8-9-10-11-12-13-14-15-16-21-23-18-20-24(21)19-17-22/h5-6,18,21H,2-4,7-17,19-20,22H2,1H3/b6-5+. The zero-order valence-electron chi connectivity index (χ0n) is 16.1. The molecule has 1 atom stereocenters. The fourth-order valence-electron chi connectivity index (χ4n) is 3.36. The molecule has 1 aliphatic rings. The van der Waals surface area contributed by atoms with Crippen molar-refractivity contribution in [3.63, 3.8) is 0 Å². The lowest BCUT2D eigenvalue weighted by Gasteiger charge is -2.21. The van der Waals surface area contributed by atoms with Crippen molar-refractivity contribution in [2.45, 2.75) is 96.6 Å². The number of rotatable bonds is 16. The van der Waals surface area contributed by atoms with Crippen molar-refractivity contribution in [3.8, 4) is 0 Å². The quantitative estimate of drug-likeness (QED) is 0.307. The molecule has 0 saturated heterocycles. The highest BCUT2D eigenvalue weighted by molar-refractivity contribution is 5.62. The van der Waals surface area contributed by atoms with Crippen molar-refractivity contribution in [2.75, 3.05) is 19.6 Å². The first-order valence-corrected chi connectivity index (χ1v) is 10.5. The fourth-order valence-corrected chi connectivity index (χ4v) is 3.36. The Morgan fingerprint density at radius 3 is 2.25 bits per heavy atom. The van der Waals surface area contributed by atoms with Crippen LogP contribution < -0.4 is 5.73 Å². The van der Waals surface area contributed by atoms with E-state index < -0.39 is 0 Å². The van der Waals surface area contributed by atoms with Crippen LogP contribution in [0.25, 0.3) is 0 Å². The van der Waals surface area contributed by atoms with E-state index in [1.54, 1.807) is 0 Å². The second-order valence-corrected chi connectivity index (χ2v) is 7.12. The van der Waals surface area contributed by atoms with Gasteiger partial charge in [-0.3, -0.25) is 9.89 Å². The van der Waals surface area contributed by atoms with Crippen molar-refractivity contribution in [2.24, 2.45) is 10.7 Å². The highest BCUT2D eigenvalue weighted by Crippen LogP contribution is 2.16. The number of hydrogen-bond donors (Lipinski definition) is 1. The maximum absolute atomic E-state index is 5.65. The summed E-state index contributed by atoms with van der Waals surface area (Å²) in [6, 6.07) is 0. The lowest BCUT2D eigenvalue weighted by molar-refractivity contribution is 0.241. The molecule has 0 bridgehead atoms. The van der Waals surface area contributed by atoms with Gasteiger partial charge in [0, 0.05) is 25.8 Å². The second-order valence-electron chi connectivity index (χ2n) is 7.12. The third-order valence-corrected chi connectivity index (χ3v) is 4.91. The summed E-state index contributed by atoms with van der Waals surface area (Å²) in [7, 11) is 0. The predicted octanol–water partition coefficient (Wildman–Crippen LogP) is 5.31.